The Hall–Kier alpha value is -2.68. The lowest BCUT2D eigenvalue weighted by molar-refractivity contribution is -0.122. The molecule has 8 nitrogen and oxygen atoms in total. The minimum absolute atomic E-state index is 0.0175. The summed E-state index contributed by atoms with van der Waals surface area (Å²) in [5.41, 5.74) is 0.990. The third-order valence-electron chi connectivity index (χ3n) is 5.36. The Balaban J connectivity index is 1.41. The predicted octanol–water partition coefficient (Wildman–Crippen LogP) is 2.35. The first kappa shape index (κ1) is 19.6. The van der Waals surface area contributed by atoms with Gasteiger partial charge in [0.05, 0.1) is 7.11 Å². The Morgan fingerprint density at radius 1 is 1.24 bits per heavy atom. The van der Waals surface area contributed by atoms with Gasteiger partial charge in [0.25, 0.3) is 0 Å². The van der Waals surface area contributed by atoms with Crippen molar-refractivity contribution in [1.82, 2.24) is 15.5 Å². The smallest absolute Gasteiger partial charge is 0.243 e. The summed E-state index contributed by atoms with van der Waals surface area (Å²) in [7, 11) is 1.63. The van der Waals surface area contributed by atoms with Gasteiger partial charge in [-0.2, -0.15) is 0 Å². The van der Waals surface area contributed by atoms with Crippen LogP contribution in [0.25, 0.3) is 0 Å². The summed E-state index contributed by atoms with van der Waals surface area (Å²) in [4.78, 5) is 28.7. The van der Waals surface area contributed by atoms with Crippen LogP contribution >= 0.6 is 11.3 Å². The summed E-state index contributed by atoms with van der Waals surface area (Å²) in [6.07, 6.45) is 4.19. The van der Waals surface area contributed by atoms with Gasteiger partial charge in [-0.05, 0) is 43.4 Å². The molecule has 2 fully saturated rings. The Kier molecular flexibility index (Phi) is 5.94. The van der Waals surface area contributed by atoms with E-state index in [1.54, 1.807) is 12.0 Å². The number of benzene rings is 1. The van der Waals surface area contributed by atoms with Crippen molar-refractivity contribution in [3.63, 3.8) is 0 Å². The summed E-state index contributed by atoms with van der Waals surface area (Å²) >= 11 is 1.39. The molecule has 154 valence electrons. The highest BCUT2D eigenvalue weighted by molar-refractivity contribution is 7.19. The Morgan fingerprint density at radius 2 is 2.10 bits per heavy atom. The van der Waals surface area contributed by atoms with Crippen molar-refractivity contribution in [3.8, 4) is 5.75 Å². The maximum Gasteiger partial charge on any atom is 0.243 e. The van der Waals surface area contributed by atoms with E-state index in [-0.39, 0.29) is 17.9 Å². The van der Waals surface area contributed by atoms with E-state index in [0.717, 1.165) is 43.5 Å². The van der Waals surface area contributed by atoms with Crippen LogP contribution in [0.4, 0.5) is 10.3 Å². The molecular formula is C20H25N5O3S. The summed E-state index contributed by atoms with van der Waals surface area (Å²) in [5.74, 6) is 0.858. The SMILES string of the molecule is COc1cccc(CNC(=O)C2CCCN2c2nnc(N3CCCCC3=O)s2)c1. The Labute approximate surface area is 173 Å². The molecular weight excluding hydrogens is 390 g/mol. The van der Waals surface area contributed by atoms with Crippen molar-refractivity contribution in [2.75, 3.05) is 30.0 Å². The molecule has 1 unspecified atom stereocenters. The zero-order valence-electron chi connectivity index (χ0n) is 16.5. The number of amides is 2. The number of anilines is 2. The van der Waals surface area contributed by atoms with E-state index in [2.05, 4.69) is 15.5 Å². The maximum absolute atomic E-state index is 12.8. The van der Waals surface area contributed by atoms with E-state index in [4.69, 9.17) is 4.74 Å². The van der Waals surface area contributed by atoms with Gasteiger partial charge < -0.3 is 15.0 Å². The van der Waals surface area contributed by atoms with Crippen LogP contribution in [0.1, 0.15) is 37.7 Å². The minimum atomic E-state index is -0.265. The molecule has 1 atom stereocenters. The largest absolute Gasteiger partial charge is 0.497 e. The van der Waals surface area contributed by atoms with Gasteiger partial charge in [-0.25, -0.2) is 0 Å². The number of hydrogen-bond acceptors (Lipinski definition) is 7. The zero-order chi connectivity index (χ0) is 20.2. The number of nitrogens with one attached hydrogen (secondary N) is 1. The molecule has 29 heavy (non-hydrogen) atoms. The molecule has 0 aliphatic carbocycles. The standard InChI is InChI=1S/C20H25N5O3S/c1-28-15-7-4-6-14(12-15)13-21-18(27)16-8-5-11-24(16)19-22-23-20(29-19)25-10-3-2-9-17(25)26/h4,6-7,12,16H,2-3,5,8-11,13H2,1H3,(H,21,27). The number of methoxy groups -OCH3 is 1. The van der Waals surface area contributed by atoms with Gasteiger partial charge in [0.15, 0.2) is 0 Å². The number of carbonyl (C=O) groups excluding carboxylic acids is 2. The number of piperidine rings is 1. The molecule has 2 saturated heterocycles. The molecule has 2 amide bonds. The summed E-state index contributed by atoms with van der Waals surface area (Å²) in [5, 5.41) is 12.9. The fraction of sp³-hybridized carbons (Fsp3) is 0.500. The van der Waals surface area contributed by atoms with Gasteiger partial charge in [0.1, 0.15) is 11.8 Å². The first-order chi connectivity index (χ1) is 14.2. The molecule has 0 radical (unpaired) electrons. The average Bonchev–Trinajstić information content (AvgIpc) is 3.42. The molecule has 1 aromatic heterocycles. The van der Waals surface area contributed by atoms with Crippen molar-refractivity contribution in [3.05, 3.63) is 29.8 Å². The van der Waals surface area contributed by atoms with Crippen LogP contribution in [0.2, 0.25) is 0 Å². The fourth-order valence-electron chi connectivity index (χ4n) is 3.80. The van der Waals surface area contributed by atoms with Gasteiger partial charge in [-0.1, -0.05) is 23.5 Å². The first-order valence-electron chi connectivity index (χ1n) is 9.97. The van der Waals surface area contributed by atoms with Crippen LogP contribution < -0.4 is 19.9 Å². The lowest BCUT2D eigenvalue weighted by Crippen LogP contribution is -2.43. The molecule has 2 aliphatic rings. The third-order valence-corrected chi connectivity index (χ3v) is 6.34. The van der Waals surface area contributed by atoms with Crippen LogP contribution in [0, 0.1) is 0 Å². The van der Waals surface area contributed by atoms with Gasteiger partial charge in [0, 0.05) is 26.1 Å². The molecule has 9 heteroatoms. The topological polar surface area (TPSA) is 87.7 Å². The second kappa shape index (κ2) is 8.77. The van der Waals surface area contributed by atoms with Gasteiger partial charge in [0.2, 0.25) is 22.1 Å². The van der Waals surface area contributed by atoms with Gasteiger partial charge in [-0.15, -0.1) is 10.2 Å². The molecule has 2 aliphatic heterocycles. The van der Waals surface area contributed by atoms with Crippen LogP contribution in [-0.2, 0) is 16.1 Å². The van der Waals surface area contributed by atoms with Crippen LogP contribution in [-0.4, -0.2) is 48.3 Å². The highest BCUT2D eigenvalue weighted by atomic mass is 32.1. The van der Waals surface area contributed by atoms with E-state index >= 15 is 0 Å². The van der Waals surface area contributed by atoms with E-state index < -0.39 is 0 Å². The lowest BCUT2D eigenvalue weighted by atomic mass is 10.1. The Bertz CT molecular complexity index is 887. The highest BCUT2D eigenvalue weighted by Crippen LogP contribution is 2.33. The molecule has 1 aromatic carbocycles. The number of aromatic nitrogens is 2. The van der Waals surface area contributed by atoms with E-state index in [1.165, 1.54) is 11.3 Å². The molecule has 0 spiro atoms. The van der Waals surface area contributed by atoms with Gasteiger partial charge in [-0.3, -0.25) is 14.5 Å². The quantitative estimate of drug-likeness (QED) is 0.779. The summed E-state index contributed by atoms with van der Waals surface area (Å²) < 4.78 is 5.23. The lowest BCUT2D eigenvalue weighted by Gasteiger charge is -2.24. The molecule has 0 saturated carbocycles. The average molecular weight is 416 g/mol. The van der Waals surface area contributed by atoms with Gasteiger partial charge >= 0.3 is 0 Å². The summed E-state index contributed by atoms with van der Waals surface area (Å²) in [6, 6.07) is 7.40. The van der Waals surface area contributed by atoms with Crippen molar-refractivity contribution in [2.24, 2.45) is 0 Å². The van der Waals surface area contributed by atoms with E-state index in [1.807, 2.05) is 29.2 Å². The monoisotopic (exact) mass is 415 g/mol. The van der Waals surface area contributed by atoms with Crippen LogP contribution in [0.5, 0.6) is 5.75 Å². The van der Waals surface area contributed by atoms with Crippen LogP contribution in [0.3, 0.4) is 0 Å². The zero-order valence-corrected chi connectivity index (χ0v) is 17.3. The molecule has 0 bridgehead atoms. The fourth-order valence-corrected chi connectivity index (χ4v) is 4.76. The van der Waals surface area contributed by atoms with Crippen molar-refractivity contribution in [1.29, 1.82) is 0 Å². The molecule has 1 N–H and O–H groups in total. The second-order valence-corrected chi connectivity index (χ2v) is 8.22. The highest BCUT2D eigenvalue weighted by Gasteiger charge is 2.34. The number of carbonyl (C=O) groups is 2. The minimum Gasteiger partial charge on any atom is -0.497 e. The predicted molar refractivity (Wildman–Crippen MR) is 111 cm³/mol. The number of hydrogen-bond donors (Lipinski definition) is 1. The second-order valence-electron chi connectivity index (χ2n) is 7.29. The van der Waals surface area contributed by atoms with E-state index in [0.29, 0.717) is 29.8 Å². The number of nitrogens with zero attached hydrogens (tertiary/aromatic N) is 4. The maximum atomic E-state index is 12.8. The third kappa shape index (κ3) is 4.34. The van der Waals surface area contributed by atoms with Crippen molar-refractivity contribution >= 4 is 33.4 Å². The van der Waals surface area contributed by atoms with Crippen molar-refractivity contribution in [2.45, 2.75) is 44.7 Å². The normalized spacial score (nSPS) is 19.5. The summed E-state index contributed by atoms with van der Waals surface area (Å²) in [6.45, 7) is 1.90. The van der Waals surface area contributed by atoms with Crippen LogP contribution in [0.15, 0.2) is 24.3 Å². The number of rotatable bonds is 6. The van der Waals surface area contributed by atoms with E-state index in [9.17, 15) is 9.59 Å². The number of ether oxygens (including phenoxy) is 1. The molecule has 4 rings (SSSR count). The molecule has 3 heterocycles. The Morgan fingerprint density at radius 3 is 2.93 bits per heavy atom. The first-order valence-corrected chi connectivity index (χ1v) is 10.8. The van der Waals surface area contributed by atoms with Crippen molar-refractivity contribution < 1.29 is 14.3 Å². The molecule has 2 aromatic rings.